The van der Waals surface area contributed by atoms with E-state index >= 15 is 0 Å². The number of amides is 1. The summed E-state index contributed by atoms with van der Waals surface area (Å²) in [6.45, 7) is 0.138. The van der Waals surface area contributed by atoms with E-state index in [0.29, 0.717) is 22.3 Å². The van der Waals surface area contributed by atoms with Gasteiger partial charge in [-0.15, -0.1) is 11.3 Å². The van der Waals surface area contributed by atoms with Crippen molar-refractivity contribution < 1.29 is 18.7 Å². The van der Waals surface area contributed by atoms with Gasteiger partial charge in [0.1, 0.15) is 12.4 Å². The van der Waals surface area contributed by atoms with Crippen LogP contribution in [0.15, 0.2) is 53.9 Å². The van der Waals surface area contributed by atoms with Gasteiger partial charge in [-0.05, 0) is 36.4 Å². The van der Waals surface area contributed by atoms with Crippen molar-refractivity contribution in [3.63, 3.8) is 0 Å². The number of nitrogens with zero attached hydrogens (tertiary/aromatic N) is 1. The van der Waals surface area contributed by atoms with Crippen molar-refractivity contribution in [1.82, 2.24) is 4.98 Å². The van der Waals surface area contributed by atoms with E-state index in [9.17, 15) is 9.18 Å². The number of benzene rings is 2. The molecule has 1 N–H and O–H groups in total. The first-order chi connectivity index (χ1) is 12.2. The second-order valence-corrected chi connectivity index (χ2v) is 6.26. The lowest BCUT2D eigenvalue weighted by molar-refractivity contribution is -0.125. The molecule has 0 aliphatic carbocycles. The predicted octanol–water partition coefficient (Wildman–Crippen LogP) is 3.73. The van der Waals surface area contributed by atoms with Crippen LogP contribution in [-0.2, 0) is 4.79 Å². The zero-order chi connectivity index (χ0) is 17.2. The largest absolute Gasteiger partial charge is 0.485 e. The molecule has 126 valence electrons. The smallest absolute Gasteiger partial charge is 0.270 e. The van der Waals surface area contributed by atoms with Gasteiger partial charge in [-0.1, -0.05) is 12.1 Å². The van der Waals surface area contributed by atoms with Crippen molar-refractivity contribution in [3.8, 4) is 22.8 Å². The number of anilines is 1. The zero-order valence-electron chi connectivity index (χ0n) is 12.9. The number of halogens is 1. The summed E-state index contributed by atoms with van der Waals surface area (Å²) < 4.78 is 24.2. The monoisotopic (exact) mass is 356 g/mol. The van der Waals surface area contributed by atoms with Gasteiger partial charge in [0.15, 0.2) is 16.6 Å². The molecule has 1 aliphatic heterocycles. The lowest BCUT2D eigenvalue weighted by atomic mass is 10.2. The van der Waals surface area contributed by atoms with Gasteiger partial charge >= 0.3 is 0 Å². The normalized spacial score (nSPS) is 15.6. The topological polar surface area (TPSA) is 60.5 Å². The number of carbonyl (C=O) groups excluding carboxylic acids is 1. The van der Waals surface area contributed by atoms with Crippen molar-refractivity contribution >= 4 is 22.4 Å². The van der Waals surface area contributed by atoms with Gasteiger partial charge in [-0.3, -0.25) is 10.1 Å². The molecular weight excluding hydrogens is 343 g/mol. The SMILES string of the molecule is O=C(Nc1nc(-c2ccc(F)cc2)cs1)C1COc2ccccc2O1. The van der Waals surface area contributed by atoms with Gasteiger partial charge in [0.2, 0.25) is 6.10 Å². The lowest BCUT2D eigenvalue weighted by Gasteiger charge is -2.25. The Morgan fingerprint density at radius 3 is 2.72 bits per heavy atom. The Morgan fingerprint density at radius 1 is 1.16 bits per heavy atom. The standard InChI is InChI=1S/C18H13FN2O3S/c19-12-7-5-11(6-8-12)13-10-25-18(20-13)21-17(22)16-9-23-14-3-1-2-4-15(14)24-16/h1-8,10,16H,9H2,(H,20,21,22). The number of carbonyl (C=O) groups is 1. The molecule has 1 unspecified atom stereocenters. The van der Waals surface area contributed by atoms with Crippen molar-refractivity contribution in [1.29, 1.82) is 0 Å². The van der Waals surface area contributed by atoms with Crippen LogP contribution in [0.5, 0.6) is 11.5 Å². The summed E-state index contributed by atoms with van der Waals surface area (Å²) in [6, 6.07) is 13.2. The molecule has 0 bridgehead atoms. The minimum absolute atomic E-state index is 0.138. The van der Waals surface area contributed by atoms with Gasteiger partial charge < -0.3 is 9.47 Å². The van der Waals surface area contributed by atoms with Crippen LogP contribution in [0.4, 0.5) is 9.52 Å². The van der Waals surface area contributed by atoms with E-state index in [1.807, 2.05) is 12.1 Å². The third-order valence-electron chi connectivity index (χ3n) is 3.68. The fourth-order valence-electron chi connectivity index (χ4n) is 2.42. The van der Waals surface area contributed by atoms with Crippen molar-refractivity contribution in [2.24, 2.45) is 0 Å². The Balaban J connectivity index is 1.44. The fraction of sp³-hybridized carbons (Fsp3) is 0.111. The molecule has 1 aromatic heterocycles. The average molecular weight is 356 g/mol. The molecule has 7 heteroatoms. The van der Waals surface area contributed by atoms with E-state index < -0.39 is 6.10 Å². The minimum atomic E-state index is -0.743. The van der Waals surface area contributed by atoms with Crippen LogP contribution in [0.25, 0.3) is 11.3 Å². The number of aromatic nitrogens is 1. The highest BCUT2D eigenvalue weighted by molar-refractivity contribution is 7.14. The maximum absolute atomic E-state index is 13.0. The molecule has 0 spiro atoms. The van der Waals surface area contributed by atoms with E-state index in [2.05, 4.69) is 10.3 Å². The molecule has 0 saturated heterocycles. The molecule has 25 heavy (non-hydrogen) atoms. The number of hydrogen-bond donors (Lipinski definition) is 1. The molecule has 1 amide bonds. The highest BCUT2D eigenvalue weighted by Crippen LogP contribution is 2.31. The summed E-state index contributed by atoms with van der Waals surface area (Å²) in [5.74, 6) is 0.538. The summed E-state index contributed by atoms with van der Waals surface area (Å²) in [7, 11) is 0. The Morgan fingerprint density at radius 2 is 1.92 bits per heavy atom. The van der Waals surface area contributed by atoms with Crippen LogP contribution in [0.2, 0.25) is 0 Å². The number of thiazole rings is 1. The van der Waals surface area contributed by atoms with Crippen LogP contribution < -0.4 is 14.8 Å². The molecule has 4 rings (SSSR count). The number of hydrogen-bond acceptors (Lipinski definition) is 5. The van der Waals surface area contributed by atoms with Gasteiger partial charge in [0, 0.05) is 10.9 Å². The highest BCUT2D eigenvalue weighted by atomic mass is 32.1. The highest BCUT2D eigenvalue weighted by Gasteiger charge is 2.27. The predicted molar refractivity (Wildman–Crippen MR) is 92.5 cm³/mol. The quantitative estimate of drug-likeness (QED) is 0.777. The maximum Gasteiger partial charge on any atom is 0.270 e. The molecule has 2 aromatic carbocycles. The van der Waals surface area contributed by atoms with E-state index in [4.69, 9.17) is 9.47 Å². The Kier molecular flexibility index (Phi) is 4.07. The average Bonchev–Trinajstić information content (AvgIpc) is 3.10. The molecule has 1 aliphatic rings. The first-order valence-electron chi connectivity index (χ1n) is 7.60. The summed E-state index contributed by atoms with van der Waals surface area (Å²) >= 11 is 1.29. The van der Waals surface area contributed by atoms with Crippen LogP contribution in [0.3, 0.4) is 0 Å². The van der Waals surface area contributed by atoms with Crippen molar-refractivity contribution in [3.05, 3.63) is 59.7 Å². The van der Waals surface area contributed by atoms with E-state index in [1.54, 1.807) is 29.6 Å². The summed E-state index contributed by atoms with van der Waals surface area (Å²) in [5, 5.41) is 4.99. The number of nitrogens with one attached hydrogen (secondary N) is 1. The Labute approximate surface area is 147 Å². The first-order valence-corrected chi connectivity index (χ1v) is 8.48. The van der Waals surface area contributed by atoms with Gasteiger partial charge in [0.25, 0.3) is 5.91 Å². The van der Waals surface area contributed by atoms with Crippen LogP contribution in [0.1, 0.15) is 0 Å². The van der Waals surface area contributed by atoms with Crippen molar-refractivity contribution in [2.45, 2.75) is 6.10 Å². The van der Waals surface area contributed by atoms with Gasteiger partial charge in [-0.2, -0.15) is 0 Å². The van der Waals surface area contributed by atoms with E-state index in [0.717, 1.165) is 5.56 Å². The number of rotatable bonds is 3. The van der Waals surface area contributed by atoms with Gasteiger partial charge in [0.05, 0.1) is 5.69 Å². The molecular formula is C18H13FN2O3S. The van der Waals surface area contributed by atoms with E-state index in [-0.39, 0.29) is 18.3 Å². The van der Waals surface area contributed by atoms with Gasteiger partial charge in [-0.25, -0.2) is 9.37 Å². The number of ether oxygens (including phenoxy) is 2. The third-order valence-corrected chi connectivity index (χ3v) is 4.43. The molecule has 0 saturated carbocycles. The lowest BCUT2D eigenvalue weighted by Crippen LogP contribution is -2.40. The maximum atomic E-state index is 13.0. The van der Waals surface area contributed by atoms with Crippen LogP contribution in [0, 0.1) is 5.82 Å². The molecule has 0 fully saturated rings. The van der Waals surface area contributed by atoms with Crippen LogP contribution in [-0.4, -0.2) is 23.6 Å². The number of para-hydroxylation sites is 2. The summed E-state index contributed by atoms with van der Waals surface area (Å²) in [6.07, 6.45) is -0.743. The molecule has 0 radical (unpaired) electrons. The third kappa shape index (κ3) is 3.32. The van der Waals surface area contributed by atoms with Crippen molar-refractivity contribution in [2.75, 3.05) is 11.9 Å². The Hall–Kier alpha value is -2.93. The minimum Gasteiger partial charge on any atom is -0.485 e. The number of fused-ring (bicyclic) bond motifs is 1. The van der Waals surface area contributed by atoms with Crippen LogP contribution >= 0.6 is 11.3 Å². The first kappa shape index (κ1) is 15.6. The molecule has 5 nitrogen and oxygen atoms in total. The van der Waals surface area contributed by atoms with E-state index in [1.165, 1.54) is 23.5 Å². The second kappa shape index (κ2) is 6.52. The summed E-state index contributed by atoms with van der Waals surface area (Å²) in [5.41, 5.74) is 1.45. The Bertz CT molecular complexity index is 911. The zero-order valence-corrected chi connectivity index (χ0v) is 13.8. The fourth-order valence-corrected chi connectivity index (χ4v) is 3.14. The molecule has 1 atom stereocenters. The summed E-state index contributed by atoms with van der Waals surface area (Å²) in [4.78, 5) is 16.7. The second-order valence-electron chi connectivity index (χ2n) is 5.40. The molecule has 2 heterocycles. The molecule has 3 aromatic rings.